The van der Waals surface area contributed by atoms with Crippen LogP contribution in [0.25, 0.3) is 0 Å². The van der Waals surface area contributed by atoms with E-state index in [4.69, 9.17) is 17.4 Å². The van der Waals surface area contributed by atoms with Crippen LogP contribution in [0, 0.1) is 0 Å². The second-order valence-corrected chi connectivity index (χ2v) is 8.30. The van der Waals surface area contributed by atoms with Gasteiger partial charge in [-0.15, -0.1) is 0 Å². The van der Waals surface area contributed by atoms with Gasteiger partial charge in [-0.3, -0.25) is 4.79 Å². The molecule has 2 aromatic carbocycles. The molecule has 0 aliphatic carbocycles. The average Bonchev–Trinajstić information content (AvgIpc) is 2.75. The molecule has 4 heteroatoms. The molecule has 163 valence electrons. The zero-order valence-electron chi connectivity index (χ0n) is 18.7. The van der Waals surface area contributed by atoms with Crippen LogP contribution in [-0.2, 0) is 17.6 Å². The standard InChI is InChI=1S/C26H36NO2S/c1-4-7-9-13-20-17-18-24(21(19-20)14-10-8-5-2)29-23(6-3)26(28)27-22-15-11-12-16-25(22)30/h11-12,15-19,23H,4-10,13-14H2,1-3H3,(H,27,28). The number of carbonyl (C=O) groups is 1. The number of para-hydroxylation sites is 1. The Morgan fingerprint density at radius 2 is 1.67 bits per heavy atom. The maximum Gasteiger partial charge on any atom is 0.265 e. The van der Waals surface area contributed by atoms with Crippen LogP contribution in [-0.4, -0.2) is 12.0 Å². The molecule has 0 fully saturated rings. The molecule has 0 bridgehead atoms. The Hall–Kier alpha value is -2.07. The zero-order chi connectivity index (χ0) is 21.8. The van der Waals surface area contributed by atoms with Gasteiger partial charge in [0.1, 0.15) is 5.75 Å². The fourth-order valence-corrected chi connectivity index (χ4v) is 3.70. The van der Waals surface area contributed by atoms with Gasteiger partial charge >= 0.3 is 0 Å². The van der Waals surface area contributed by atoms with Crippen LogP contribution in [0.2, 0.25) is 0 Å². The van der Waals surface area contributed by atoms with Crippen molar-refractivity contribution in [1.82, 2.24) is 0 Å². The summed E-state index contributed by atoms with van der Waals surface area (Å²) >= 11 is 5.31. The third-order valence-corrected chi connectivity index (χ3v) is 5.68. The molecule has 1 atom stereocenters. The highest BCUT2D eigenvalue weighted by atomic mass is 32.1. The summed E-state index contributed by atoms with van der Waals surface area (Å²) in [5, 5.41) is 2.93. The van der Waals surface area contributed by atoms with Crippen molar-refractivity contribution < 1.29 is 9.53 Å². The molecule has 1 radical (unpaired) electrons. The van der Waals surface area contributed by atoms with E-state index in [0.717, 1.165) is 25.0 Å². The summed E-state index contributed by atoms with van der Waals surface area (Å²) in [6, 6.07) is 13.9. The van der Waals surface area contributed by atoms with Gasteiger partial charge in [-0.2, -0.15) is 0 Å². The zero-order valence-corrected chi connectivity index (χ0v) is 19.5. The summed E-state index contributed by atoms with van der Waals surface area (Å²) in [5.41, 5.74) is 3.24. The summed E-state index contributed by atoms with van der Waals surface area (Å²) in [4.78, 5) is 13.5. The first-order valence-corrected chi connectivity index (χ1v) is 11.8. The van der Waals surface area contributed by atoms with Gasteiger partial charge in [0.15, 0.2) is 6.10 Å². The van der Waals surface area contributed by atoms with Crippen LogP contribution < -0.4 is 10.1 Å². The fraction of sp³-hybridized carbons (Fsp3) is 0.500. The van der Waals surface area contributed by atoms with Gasteiger partial charge in [-0.1, -0.05) is 83.3 Å². The highest BCUT2D eigenvalue weighted by Crippen LogP contribution is 2.26. The van der Waals surface area contributed by atoms with Crippen molar-refractivity contribution in [3.63, 3.8) is 0 Å². The average molecular weight is 427 g/mol. The third-order valence-electron chi connectivity index (χ3n) is 5.32. The Bertz CT molecular complexity index is 790. The predicted octanol–water partition coefficient (Wildman–Crippen LogP) is 7.50. The molecule has 30 heavy (non-hydrogen) atoms. The van der Waals surface area contributed by atoms with Crippen LogP contribution in [0.3, 0.4) is 0 Å². The molecular formula is C26H36NO2S. The van der Waals surface area contributed by atoms with Gasteiger partial charge in [-0.25, -0.2) is 0 Å². The number of rotatable bonds is 13. The normalized spacial score (nSPS) is 11.8. The molecule has 0 heterocycles. The molecule has 3 nitrogen and oxygen atoms in total. The van der Waals surface area contributed by atoms with E-state index in [1.807, 2.05) is 31.2 Å². The largest absolute Gasteiger partial charge is 0.480 e. The molecule has 0 aliphatic heterocycles. The number of hydrogen-bond donors (Lipinski definition) is 1. The van der Waals surface area contributed by atoms with Crippen molar-refractivity contribution in [3.8, 4) is 5.75 Å². The molecule has 1 amide bonds. The summed E-state index contributed by atoms with van der Waals surface area (Å²) in [5.74, 6) is 0.681. The van der Waals surface area contributed by atoms with E-state index in [0.29, 0.717) is 17.0 Å². The minimum absolute atomic E-state index is 0.152. The number of unbranched alkanes of at least 4 members (excludes halogenated alkanes) is 4. The minimum Gasteiger partial charge on any atom is -0.480 e. The van der Waals surface area contributed by atoms with Gasteiger partial charge in [0.25, 0.3) is 5.91 Å². The molecular weight excluding hydrogens is 390 g/mol. The van der Waals surface area contributed by atoms with Gasteiger partial charge < -0.3 is 10.1 Å². The van der Waals surface area contributed by atoms with Crippen molar-refractivity contribution >= 4 is 24.2 Å². The smallest absolute Gasteiger partial charge is 0.265 e. The number of anilines is 1. The van der Waals surface area contributed by atoms with Crippen molar-refractivity contribution in [3.05, 3.63) is 53.6 Å². The first-order valence-electron chi connectivity index (χ1n) is 11.4. The Kier molecular flexibility index (Phi) is 10.7. The van der Waals surface area contributed by atoms with Crippen molar-refractivity contribution in [2.75, 3.05) is 5.32 Å². The lowest BCUT2D eigenvalue weighted by atomic mass is 10.00. The Morgan fingerprint density at radius 1 is 0.967 bits per heavy atom. The van der Waals surface area contributed by atoms with Crippen LogP contribution in [0.4, 0.5) is 5.69 Å². The summed E-state index contributed by atoms with van der Waals surface area (Å²) < 4.78 is 6.23. The van der Waals surface area contributed by atoms with Crippen LogP contribution in [0.5, 0.6) is 5.75 Å². The van der Waals surface area contributed by atoms with Gasteiger partial charge in [-0.05, 0) is 61.4 Å². The lowest BCUT2D eigenvalue weighted by Gasteiger charge is -2.20. The van der Waals surface area contributed by atoms with Crippen LogP contribution in [0.1, 0.15) is 76.8 Å². The van der Waals surface area contributed by atoms with Gasteiger partial charge in [0.2, 0.25) is 0 Å². The second kappa shape index (κ2) is 13.3. The van der Waals surface area contributed by atoms with Crippen LogP contribution in [0.15, 0.2) is 47.4 Å². The quantitative estimate of drug-likeness (QED) is 0.337. The van der Waals surface area contributed by atoms with Crippen molar-refractivity contribution in [2.45, 2.75) is 89.6 Å². The van der Waals surface area contributed by atoms with Gasteiger partial charge in [0, 0.05) is 0 Å². The van der Waals surface area contributed by atoms with E-state index in [2.05, 4.69) is 37.4 Å². The molecule has 1 N–H and O–H groups in total. The molecule has 0 aliphatic rings. The SMILES string of the molecule is CCCCCc1ccc(OC(CC)C(=O)Nc2ccccc2[S])c(CCCCC)c1. The highest BCUT2D eigenvalue weighted by molar-refractivity contribution is 7.80. The molecule has 0 saturated heterocycles. The monoisotopic (exact) mass is 426 g/mol. The molecule has 0 spiro atoms. The Balaban J connectivity index is 2.13. The number of hydrogen-bond acceptors (Lipinski definition) is 2. The van der Waals surface area contributed by atoms with E-state index in [9.17, 15) is 4.79 Å². The van der Waals surface area contributed by atoms with E-state index in [-0.39, 0.29) is 5.91 Å². The maximum atomic E-state index is 12.8. The van der Waals surface area contributed by atoms with E-state index in [1.165, 1.54) is 43.2 Å². The fourth-order valence-electron chi connectivity index (χ4n) is 3.50. The molecule has 1 unspecified atom stereocenters. The summed E-state index contributed by atoms with van der Waals surface area (Å²) in [6.45, 7) is 6.42. The van der Waals surface area contributed by atoms with E-state index < -0.39 is 6.10 Å². The third kappa shape index (κ3) is 7.64. The Morgan fingerprint density at radius 3 is 2.33 bits per heavy atom. The number of ether oxygens (including phenoxy) is 1. The lowest BCUT2D eigenvalue weighted by Crippen LogP contribution is -2.32. The number of aryl methyl sites for hydroxylation is 2. The molecule has 0 saturated carbocycles. The topological polar surface area (TPSA) is 38.3 Å². The number of benzene rings is 2. The van der Waals surface area contributed by atoms with E-state index in [1.54, 1.807) is 0 Å². The second-order valence-electron chi connectivity index (χ2n) is 7.86. The van der Waals surface area contributed by atoms with E-state index >= 15 is 0 Å². The maximum absolute atomic E-state index is 12.8. The van der Waals surface area contributed by atoms with Gasteiger partial charge in [0.05, 0.1) is 10.6 Å². The number of amides is 1. The summed E-state index contributed by atoms with van der Waals surface area (Å²) in [6.07, 6.45) is 9.35. The molecule has 0 aromatic heterocycles. The van der Waals surface area contributed by atoms with Crippen molar-refractivity contribution in [1.29, 1.82) is 0 Å². The Labute approximate surface area is 188 Å². The minimum atomic E-state index is -0.546. The molecule has 2 aromatic rings. The summed E-state index contributed by atoms with van der Waals surface area (Å²) in [7, 11) is 0. The number of nitrogens with one attached hydrogen (secondary N) is 1. The lowest BCUT2D eigenvalue weighted by molar-refractivity contribution is -0.122. The van der Waals surface area contributed by atoms with Crippen molar-refractivity contribution in [2.24, 2.45) is 0 Å². The first kappa shape index (κ1) is 24.2. The predicted molar refractivity (Wildman–Crippen MR) is 129 cm³/mol. The number of carbonyl (C=O) groups excluding carboxylic acids is 1. The first-order chi connectivity index (χ1) is 14.6. The molecule has 2 rings (SSSR count). The van der Waals surface area contributed by atoms with Crippen LogP contribution >= 0.6 is 12.6 Å². The highest BCUT2D eigenvalue weighted by Gasteiger charge is 2.21.